The standard InChI is InChI=1S/C22H28N4O3S/c1-4-30(28,29)26-13-11-18(12-14-26)22(27)23-20-10-7-17(3)15-21(20)25-24-19-8-5-16(2)6-9-19/h5-10,15,18H,4,11-14H2,1-3H3,(H,23,27). The summed E-state index contributed by atoms with van der Waals surface area (Å²) in [5.41, 5.74) is 4.10. The fourth-order valence-corrected chi connectivity index (χ4v) is 4.50. The number of azo groups is 1. The molecule has 1 N–H and O–H groups in total. The second kappa shape index (κ2) is 9.49. The van der Waals surface area contributed by atoms with E-state index in [9.17, 15) is 13.2 Å². The van der Waals surface area contributed by atoms with Crippen molar-refractivity contribution in [3.05, 3.63) is 53.6 Å². The maximum absolute atomic E-state index is 12.8. The topological polar surface area (TPSA) is 91.2 Å². The van der Waals surface area contributed by atoms with E-state index >= 15 is 0 Å². The predicted octanol–water partition coefficient (Wildman–Crippen LogP) is 4.72. The maximum atomic E-state index is 12.8. The number of carbonyl (C=O) groups excluding carboxylic acids is 1. The van der Waals surface area contributed by atoms with Crippen molar-refractivity contribution in [3.63, 3.8) is 0 Å². The third-order valence-corrected chi connectivity index (χ3v) is 7.18. The summed E-state index contributed by atoms with van der Waals surface area (Å²) in [6.07, 6.45) is 1.02. The largest absolute Gasteiger partial charge is 0.324 e. The molecule has 0 spiro atoms. The first-order valence-electron chi connectivity index (χ1n) is 10.2. The molecule has 0 saturated carbocycles. The molecule has 7 nitrogen and oxygen atoms in total. The summed E-state index contributed by atoms with van der Waals surface area (Å²) in [5, 5.41) is 11.6. The monoisotopic (exact) mass is 428 g/mol. The minimum absolute atomic E-state index is 0.0859. The van der Waals surface area contributed by atoms with Crippen molar-refractivity contribution in [1.82, 2.24) is 4.31 Å². The van der Waals surface area contributed by atoms with Crippen molar-refractivity contribution in [2.45, 2.75) is 33.6 Å². The number of sulfonamides is 1. The molecular formula is C22H28N4O3S. The van der Waals surface area contributed by atoms with Gasteiger partial charge in [-0.1, -0.05) is 23.8 Å². The van der Waals surface area contributed by atoms with Gasteiger partial charge < -0.3 is 5.32 Å². The molecule has 1 amide bonds. The molecule has 0 aromatic heterocycles. The Morgan fingerprint density at radius 3 is 2.30 bits per heavy atom. The first-order chi connectivity index (χ1) is 14.3. The van der Waals surface area contributed by atoms with Crippen molar-refractivity contribution in [3.8, 4) is 0 Å². The van der Waals surface area contributed by atoms with Crippen LogP contribution in [0.4, 0.5) is 17.1 Å². The molecule has 1 heterocycles. The van der Waals surface area contributed by atoms with Crippen LogP contribution in [0.15, 0.2) is 52.7 Å². The Labute approximate surface area is 178 Å². The van der Waals surface area contributed by atoms with Crippen LogP contribution in [0.1, 0.15) is 30.9 Å². The van der Waals surface area contributed by atoms with Crippen molar-refractivity contribution >= 4 is 33.0 Å². The molecule has 0 radical (unpaired) electrons. The van der Waals surface area contributed by atoms with Gasteiger partial charge >= 0.3 is 0 Å². The molecule has 2 aromatic rings. The average molecular weight is 429 g/mol. The molecule has 1 aliphatic heterocycles. The highest BCUT2D eigenvalue weighted by Crippen LogP contribution is 2.30. The van der Waals surface area contributed by atoms with Gasteiger partial charge in [0.1, 0.15) is 5.69 Å². The Morgan fingerprint density at radius 2 is 1.67 bits per heavy atom. The van der Waals surface area contributed by atoms with Gasteiger partial charge in [0, 0.05) is 19.0 Å². The number of hydrogen-bond donors (Lipinski definition) is 1. The number of nitrogens with one attached hydrogen (secondary N) is 1. The lowest BCUT2D eigenvalue weighted by Gasteiger charge is -2.30. The zero-order valence-electron chi connectivity index (χ0n) is 17.6. The molecule has 0 bridgehead atoms. The number of aryl methyl sites for hydroxylation is 2. The Balaban J connectivity index is 1.69. The first-order valence-corrected chi connectivity index (χ1v) is 11.8. The van der Waals surface area contributed by atoms with Gasteiger partial charge in [-0.25, -0.2) is 12.7 Å². The summed E-state index contributed by atoms with van der Waals surface area (Å²) >= 11 is 0. The number of nitrogens with zero attached hydrogens (tertiary/aromatic N) is 3. The van der Waals surface area contributed by atoms with Crippen LogP contribution in [0.2, 0.25) is 0 Å². The summed E-state index contributed by atoms with van der Waals surface area (Å²) in [5.74, 6) is -0.251. The second-order valence-corrected chi connectivity index (χ2v) is 9.88. The highest BCUT2D eigenvalue weighted by atomic mass is 32.2. The fourth-order valence-electron chi connectivity index (χ4n) is 3.37. The van der Waals surface area contributed by atoms with E-state index in [2.05, 4.69) is 15.5 Å². The Kier molecular flexibility index (Phi) is 6.99. The van der Waals surface area contributed by atoms with Crippen molar-refractivity contribution in [2.24, 2.45) is 16.1 Å². The van der Waals surface area contributed by atoms with Gasteiger partial charge in [-0.2, -0.15) is 5.11 Å². The molecule has 1 fully saturated rings. The second-order valence-electron chi connectivity index (χ2n) is 7.62. The van der Waals surface area contributed by atoms with Crippen molar-refractivity contribution in [2.75, 3.05) is 24.2 Å². The Morgan fingerprint density at radius 1 is 1.03 bits per heavy atom. The number of anilines is 1. The third-order valence-electron chi connectivity index (χ3n) is 5.30. The average Bonchev–Trinajstić information content (AvgIpc) is 2.75. The van der Waals surface area contributed by atoms with Gasteiger partial charge in [0.05, 0.1) is 17.1 Å². The molecule has 30 heavy (non-hydrogen) atoms. The maximum Gasteiger partial charge on any atom is 0.227 e. The van der Waals surface area contributed by atoms with Crippen LogP contribution >= 0.6 is 0 Å². The van der Waals surface area contributed by atoms with Crippen LogP contribution in [0.25, 0.3) is 0 Å². The van der Waals surface area contributed by atoms with Crippen LogP contribution in [0.3, 0.4) is 0 Å². The number of hydrogen-bond acceptors (Lipinski definition) is 5. The summed E-state index contributed by atoms with van der Waals surface area (Å²) in [6, 6.07) is 13.3. The van der Waals surface area contributed by atoms with Crippen molar-refractivity contribution < 1.29 is 13.2 Å². The molecule has 1 saturated heterocycles. The lowest BCUT2D eigenvalue weighted by molar-refractivity contribution is -0.120. The quantitative estimate of drug-likeness (QED) is 0.675. The van der Waals surface area contributed by atoms with Crippen LogP contribution in [0, 0.1) is 19.8 Å². The summed E-state index contributed by atoms with van der Waals surface area (Å²) in [6.45, 7) is 6.36. The van der Waals surface area contributed by atoms with Gasteiger partial charge in [0.15, 0.2) is 0 Å². The fraction of sp³-hybridized carbons (Fsp3) is 0.409. The molecule has 0 aliphatic carbocycles. The highest BCUT2D eigenvalue weighted by Gasteiger charge is 2.30. The highest BCUT2D eigenvalue weighted by molar-refractivity contribution is 7.89. The number of amides is 1. The summed E-state index contributed by atoms with van der Waals surface area (Å²) < 4.78 is 25.5. The molecule has 0 unspecified atom stereocenters. The van der Waals surface area contributed by atoms with Crippen LogP contribution < -0.4 is 5.32 Å². The Hall–Kier alpha value is -2.58. The number of benzene rings is 2. The first kappa shape index (κ1) is 22.1. The van der Waals surface area contributed by atoms with E-state index in [1.165, 1.54) is 4.31 Å². The van der Waals surface area contributed by atoms with Gasteiger partial charge in [-0.15, -0.1) is 5.11 Å². The molecule has 160 valence electrons. The van der Waals surface area contributed by atoms with E-state index in [1.807, 2.05) is 56.3 Å². The summed E-state index contributed by atoms with van der Waals surface area (Å²) in [4.78, 5) is 12.8. The summed E-state index contributed by atoms with van der Waals surface area (Å²) in [7, 11) is -3.20. The molecule has 3 rings (SSSR count). The SMILES string of the molecule is CCS(=O)(=O)N1CCC(C(=O)Nc2ccc(C)cc2N=Nc2ccc(C)cc2)CC1. The number of piperidine rings is 1. The minimum atomic E-state index is -3.20. The molecule has 8 heteroatoms. The van der Waals surface area contributed by atoms with E-state index in [4.69, 9.17) is 0 Å². The number of rotatable bonds is 6. The van der Waals surface area contributed by atoms with E-state index in [-0.39, 0.29) is 17.6 Å². The smallest absolute Gasteiger partial charge is 0.227 e. The zero-order chi connectivity index (χ0) is 21.7. The zero-order valence-corrected chi connectivity index (χ0v) is 18.4. The van der Waals surface area contributed by atoms with Gasteiger partial charge in [-0.3, -0.25) is 4.79 Å². The normalized spacial score (nSPS) is 16.1. The Bertz CT molecular complexity index is 1020. The molecule has 2 aromatic carbocycles. The molecular weight excluding hydrogens is 400 g/mol. The van der Waals surface area contributed by atoms with Crippen LogP contribution in [-0.2, 0) is 14.8 Å². The van der Waals surface area contributed by atoms with E-state index < -0.39 is 10.0 Å². The van der Waals surface area contributed by atoms with Crippen LogP contribution in [0.5, 0.6) is 0 Å². The minimum Gasteiger partial charge on any atom is -0.324 e. The molecule has 1 aliphatic rings. The lowest BCUT2D eigenvalue weighted by Crippen LogP contribution is -2.42. The lowest BCUT2D eigenvalue weighted by atomic mass is 9.97. The van der Waals surface area contributed by atoms with Gasteiger partial charge in [-0.05, 0) is 63.4 Å². The van der Waals surface area contributed by atoms with E-state index in [1.54, 1.807) is 6.92 Å². The third kappa shape index (κ3) is 5.52. The van der Waals surface area contributed by atoms with Crippen LogP contribution in [-0.4, -0.2) is 37.5 Å². The number of carbonyl (C=O) groups is 1. The predicted molar refractivity (Wildman–Crippen MR) is 119 cm³/mol. The van der Waals surface area contributed by atoms with Gasteiger partial charge in [0.25, 0.3) is 0 Å². The van der Waals surface area contributed by atoms with Gasteiger partial charge in [0.2, 0.25) is 15.9 Å². The van der Waals surface area contributed by atoms with E-state index in [0.29, 0.717) is 37.3 Å². The van der Waals surface area contributed by atoms with E-state index in [0.717, 1.165) is 16.8 Å². The van der Waals surface area contributed by atoms with Crippen molar-refractivity contribution in [1.29, 1.82) is 0 Å². The molecule has 0 atom stereocenters.